The van der Waals surface area contributed by atoms with Gasteiger partial charge in [0, 0.05) is 5.56 Å². The van der Waals surface area contributed by atoms with E-state index in [-0.39, 0.29) is 18.9 Å². The van der Waals surface area contributed by atoms with Crippen molar-refractivity contribution in [1.82, 2.24) is 0 Å². The minimum Gasteiger partial charge on any atom is -0.325 e. The van der Waals surface area contributed by atoms with Gasteiger partial charge in [0.05, 0.1) is 20.6 Å². The summed E-state index contributed by atoms with van der Waals surface area (Å²) in [6, 6.07) is 10.9. The number of hydrogen-bond donors (Lipinski definition) is 0. The average molecular weight is 396 g/mol. The van der Waals surface area contributed by atoms with Crippen molar-refractivity contribution in [2.24, 2.45) is 0 Å². The summed E-state index contributed by atoms with van der Waals surface area (Å²) in [5.41, 5.74) is 1.46. The summed E-state index contributed by atoms with van der Waals surface area (Å²) in [7, 11) is 4.75. The van der Waals surface area contributed by atoms with Crippen molar-refractivity contribution in [1.29, 1.82) is 0 Å². The maximum atomic E-state index is 2.37. The van der Waals surface area contributed by atoms with Crippen molar-refractivity contribution >= 4 is 0 Å². The molecule has 2 heteroatoms. The van der Waals surface area contributed by atoms with Crippen molar-refractivity contribution in [3.63, 3.8) is 0 Å². The van der Waals surface area contributed by atoms with E-state index in [0.29, 0.717) is 0 Å². The fourth-order valence-corrected chi connectivity index (χ4v) is 4.24. The SMILES string of the molecule is CCCCCCCCCCCCCCCCCC[N+](C)(C)Cc1ccccc1.[Li+]. The van der Waals surface area contributed by atoms with Crippen LogP contribution in [0.3, 0.4) is 0 Å². The van der Waals surface area contributed by atoms with Crippen LogP contribution in [-0.2, 0) is 6.54 Å². The molecule has 162 valence electrons. The summed E-state index contributed by atoms with van der Waals surface area (Å²) in [6.07, 6.45) is 23.2. The van der Waals surface area contributed by atoms with Crippen LogP contribution in [0.5, 0.6) is 0 Å². The van der Waals surface area contributed by atoms with Crippen LogP contribution in [0.2, 0.25) is 0 Å². The van der Waals surface area contributed by atoms with Gasteiger partial charge in [0.2, 0.25) is 0 Å². The van der Waals surface area contributed by atoms with Gasteiger partial charge in [-0.15, -0.1) is 0 Å². The zero-order valence-electron chi connectivity index (χ0n) is 20.6. The van der Waals surface area contributed by atoms with Gasteiger partial charge in [0.1, 0.15) is 6.54 Å². The van der Waals surface area contributed by atoms with E-state index >= 15 is 0 Å². The van der Waals surface area contributed by atoms with Gasteiger partial charge in [-0.3, -0.25) is 0 Å². The molecule has 0 aliphatic heterocycles. The summed E-state index contributed by atoms with van der Waals surface area (Å²) in [5.74, 6) is 0. The Morgan fingerprint density at radius 1 is 0.552 bits per heavy atom. The van der Waals surface area contributed by atoms with Gasteiger partial charge < -0.3 is 4.48 Å². The maximum absolute atomic E-state index is 2.37. The molecule has 0 bridgehead atoms. The zero-order chi connectivity index (χ0) is 20.3. The van der Waals surface area contributed by atoms with E-state index in [1.54, 1.807) is 0 Å². The molecule has 0 N–H and O–H groups in total. The van der Waals surface area contributed by atoms with Crippen LogP contribution < -0.4 is 18.9 Å². The molecular weight excluding hydrogens is 345 g/mol. The predicted molar refractivity (Wildman–Crippen MR) is 127 cm³/mol. The van der Waals surface area contributed by atoms with Gasteiger partial charge in [0.15, 0.2) is 0 Å². The molecule has 0 aliphatic rings. The van der Waals surface area contributed by atoms with E-state index in [0.717, 1.165) is 11.0 Å². The second-order valence-electron chi connectivity index (χ2n) is 9.61. The van der Waals surface area contributed by atoms with Gasteiger partial charge in [0.25, 0.3) is 0 Å². The van der Waals surface area contributed by atoms with Crippen molar-refractivity contribution < 1.29 is 23.3 Å². The maximum Gasteiger partial charge on any atom is 1.00 e. The minimum atomic E-state index is 0. The van der Waals surface area contributed by atoms with Crippen molar-refractivity contribution in [3.8, 4) is 0 Å². The van der Waals surface area contributed by atoms with Gasteiger partial charge in [-0.05, 0) is 12.8 Å². The molecule has 1 nitrogen and oxygen atoms in total. The quantitative estimate of drug-likeness (QED) is 0.164. The first-order chi connectivity index (χ1) is 13.6. The topological polar surface area (TPSA) is 0 Å². The third-order valence-corrected chi connectivity index (χ3v) is 6.07. The Bertz CT molecular complexity index is 443. The summed E-state index contributed by atoms with van der Waals surface area (Å²) >= 11 is 0. The predicted octanol–water partition coefficient (Wildman–Crippen LogP) is 5.53. The van der Waals surface area contributed by atoms with Crippen LogP contribution in [0, 0.1) is 0 Å². The number of rotatable bonds is 19. The number of nitrogens with zero attached hydrogens (tertiary/aromatic N) is 1. The Kier molecular flexibility index (Phi) is 19.6. The standard InChI is InChI=1S/C27H50N.Li/c1-4-5-6-7-8-9-10-11-12-13-14-15-16-17-18-22-25-28(2,3)26-27-23-20-19-21-24-27;/h19-21,23-24H,4-18,22,25-26H2,1-3H3;/q2*+1. The summed E-state index contributed by atoms with van der Waals surface area (Å²) in [5, 5.41) is 0. The molecule has 1 aromatic rings. The zero-order valence-corrected chi connectivity index (χ0v) is 20.6. The fraction of sp³-hybridized carbons (Fsp3) is 0.778. The van der Waals surface area contributed by atoms with E-state index in [1.807, 2.05) is 0 Å². The molecule has 1 rings (SSSR count). The number of benzene rings is 1. The molecule has 0 saturated carbocycles. The van der Waals surface area contributed by atoms with Crippen LogP contribution in [-0.4, -0.2) is 25.1 Å². The van der Waals surface area contributed by atoms with Crippen molar-refractivity contribution in [2.75, 3.05) is 20.6 Å². The van der Waals surface area contributed by atoms with Crippen LogP contribution in [0.15, 0.2) is 30.3 Å². The van der Waals surface area contributed by atoms with E-state index in [9.17, 15) is 0 Å². The Labute approximate surface area is 195 Å². The first-order valence-electron chi connectivity index (χ1n) is 12.5. The Balaban J connectivity index is 0.00000784. The second kappa shape index (κ2) is 19.7. The molecule has 0 aromatic heterocycles. The van der Waals surface area contributed by atoms with Crippen molar-refractivity contribution in [2.45, 2.75) is 116 Å². The Morgan fingerprint density at radius 2 is 0.931 bits per heavy atom. The smallest absolute Gasteiger partial charge is 0.325 e. The molecule has 1 aromatic carbocycles. The van der Waals surface area contributed by atoms with Gasteiger partial charge in [-0.1, -0.05) is 127 Å². The number of unbranched alkanes of at least 4 members (excludes halogenated alkanes) is 15. The molecule has 0 saturated heterocycles. The van der Waals surface area contributed by atoms with Crippen molar-refractivity contribution in [3.05, 3.63) is 35.9 Å². The monoisotopic (exact) mass is 395 g/mol. The average Bonchev–Trinajstić information content (AvgIpc) is 2.68. The molecule has 0 unspecified atom stereocenters. The first kappa shape index (κ1) is 28.8. The summed E-state index contributed by atoms with van der Waals surface area (Å²) in [4.78, 5) is 0. The molecule has 29 heavy (non-hydrogen) atoms. The Hall–Kier alpha value is -0.223. The Morgan fingerprint density at radius 3 is 1.34 bits per heavy atom. The second-order valence-corrected chi connectivity index (χ2v) is 9.61. The van der Waals surface area contributed by atoms with Gasteiger partial charge in [-0.25, -0.2) is 0 Å². The van der Waals surface area contributed by atoms with E-state index in [1.165, 1.54) is 115 Å². The number of hydrogen-bond acceptors (Lipinski definition) is 0. The largest absolute Gasteiger partial charge is 1.00 e. The molecule has 0 aliphatic carbocycles. The summed E-state index contributed by atoms with van der Waals surface area (Å²) < 4.78 is 1.11. The third kappa shape index (κ3) is 18.3. The van der Waals surface area contributed by atoms with Crippen LogP contribution in [0.25, 0.3) is 0 Å². The van der Waals surface area contributed by atoms with Crippen LogP contribution in [0.4, 0.5) is 0 Å². The molecule has 0 fully saturated rings. The molecule has 0 radical (unpaired) electrons. The molecule has 0 spiro atoms. The minimum absolute atomic E-state index is 0. The number of quaternary nitrogens is 1. The van der Waals surface area contributed by atoms with Gasteiger partial charge in [-0.2, -0.15) is 0 Å². The molecule has 0 atom stereocenters. The third-order valence-electron chi connectivity index (χ3n) is 6.07. The fourth-order valence-electron chi connectivity index (χ4n) is 4.24. The van der Waals surface area contributed by atoms with E-state index in [4.69, 9.17) is 0 Å². The normalized spacial score (nSPS) is 11.4. The molecule has 0 amide bonds. The van der Waals surface area contributed by atoms with Crippen LogP contribution >= 0.6 is 0 Å². The molecule has 0 heterocycles. The van der Waals surface area contributed by atoms with Gasteiger partial charge >= 0.3 is 18.9 Å². The van der Waals surface area contributed by atoms with E-state index < -0.39 is 0 Å². The first-order valence-corrected chi connectivity index (χ1v) is 12.5. The van der Waals surface area contributed by atoms with E-state index in [2.05, 4.69) is 51.4 Å². The molecular formula is C27H50LiN+2. The van der Waals surface area contributed by atoms with Crippen LogP contribution in [0.1, 0.15) is 115 Å². The summed E-state index contributed by atoms with van der Waals surface area (Å²) in [6.45, 7) is 4.75.